The molecule has 0 spiro atoms. The number of fused-ring (bicyclic) bond motifs is 1. The molecular formula is C15H17N3O. The standard InChI is InChI=1S/C15H17N3O/c16-18-14(10-12-5-1-2-8-17-12)13-6-3-4-11-7-9-19-15(11)13/h1-6,8,14,18H,7,9-10,16H2. The van der Waals surface area contributed by atoms with Gasteiger partial charge in [0.15, 0.2) is 0 Å². The zero-order chi connectivity index (χ0) is 13.1. The van der Waals surface area contributed by atoms with E-state index in [0.29, 0.717) is 0 Å². The number of nitrogens with one attached hydrogen (secondary N) is 1. The van der Waals surface area contributed by atoms with Gasteiger partial charge in [0.05, 0.1) is 12.6 Å². The number of aromatic nitrogens is 1. The maximum Gasteiger partial charge on any atom is 0.127 e. The predicted octanol–water partition coefficient (Wildman–Crippen LogP) is 1.76. The third-order valence-electron chi connectivity index (χ3n) is 3.46. The summed E-state index contributed by atoms with van der Waals surface area (Å²) in [5, 5.41) is 0. The summed E-state index contributed by atoms with van der Waals surface area (Å²) in [6.07, 6.45) is 3.52. The Bertz CT molecular complexity index is 557. The highest BCUT2D eigenvalue weighted by Gasteiger charge is 2.21. The molecule has 2 aromatic rings. The highest BCUT2D eigenvalue weighted by molar-refractivity contribution is 5.45. The van der Waals surface area contributed by atoms with Crippen LogP contribution < -0.4 is 16.0 Å². The smallest absolute Gasteiger partial charge is 0.127 e. The van der Waals surface area contributed by atoms with Crippen LogP contribution in [0.15, 0.2) is 42.6 Å². The molecule has 0 bridgehead atoms. The minimum absolute atomic E-state index is 0.0166. The number of benzene rings is 1. The molecule has 4 heteroatoms. The minimum atomic E-state index is 0.0166. The maximum atomic E-state index is 5.73. The molecule has 0 radical (unpaired) electrons. The van der Waals surface area contributed by atoms with Crippen molar-refractivity contribution >= 4 is 0 Å². The van der Waals surface area contributed by atoms with Gasteiger partial charge in [-0.25, -0.2) is 0 Å². The molecule has 3 rings (SSSR count). The summed E-state index contributed by atoms with van der Waals surface area (Å²) < 4.78 is 5.73. The summed E-state index contributed by atoms with van der Waals surface area (Å²) in [6.45, 7) is 0.757. The second kappa shape index (κ2) is 5.38. The van der Waals surface area contributed by atoms with Gasteiger partial charge in [0.25, 0.3) is 0 Å². The fraction of sp³-hybridized carbons (Fsp3) is 0.267. The molecule has 98 valence electrons. The van der Waals surface area contributed by atoms with Crippen molar-refractivity contribution in [3.63, 3.8) is 0 Å². The molecule has 1 aromatic carbocycles. The van der Waals surface area contributed by atoms with E-state index in [-0.39, 0.29) is 6.04 Å². The first-order chi connectivity index (χ1) is 9.38. The summed E-state index contributed by atoms with van der Waals surface area (Å²) in [7, 11) is 0. The van der Waals surface area contributed by atoms with Crippen molar-refractivity contribution in [1.29, 1.82) is 0 Å². The molecule has 0 fully saturated rings. The van der Waals surface area contributed by atoms with Crippen molar-refractivity contribution in [2.24, 2.45) is 5.84 Å². The Morgan fingerprint density at radius 3 is 3.00 bits per heavy atom. The number of hydrogen-bond acceptors (Lipinski definition) is 4. The largest absolute Gasteiger partial charge is 0.493 e. The molecule has 0 amide bonds. The Kier molecular flexibility index (Phi) is 3.44. The average molecular weight is 255 g/mol. The molecule has 1 aromatic heterocycles. The van der Waals surface area contributed by atoms with Crippen molar-refractivity contribution < 1.29 is 4.74 Å². The summed E-state index contributed by atoms with van der Waals surface area (Å²) in [5.41, 5.74) is 6.27. The van der Waals surface area contributed by atoms with Gasteiger partial charge in [0.2, 0.25) is 0 Å². The Labute approximate surface area is 112 Å². The van der Waals surface area contributed by atoms with E-state index in [9.17, 15) is 0 Å². The highest BCUT2D eigenvalue weighted by Crippen LogP contribution is 2.34. The number of nitrogens with two attached hydrogens (primary N) is 1. The van der Waals surface area contributed by atoms with Gasteiger partial charge in [-0.15, -0.1) is 0 Å². The molecular weight excluding hydrogens is 238 g/mol. The SMILES string of the molecule is NNC(Cc1ccccn1)c1cccc2c1OCC2. The number of hydrogen-bond donors (Lipinski definition) is 2. The topological polar surface area (TPSA) is 60.2 Å². The van der Waals surface area contributed by atoms with Gasteiger partial charge in [0, 0.05) is 30.3 Å². The van der Waals surface area contributed by atoms with Crippen LogP contribution in [0, 0.1) is 0 Å². The average Bonchev–Trinajstić information content (AvgIpc) is 2.94. The van der Waals surface area contributed by atoms with Gasteiger partial charge in [-0.2, -0.15) is 0 Å². The second-order valence-electron chi connectivity index (χ2n) is 4.68. The van der Waals surface area contributed by atoms with Crippen molar-refractivity contribution in [2.75, 3.05) is 6.61 Å². The minimum Gasteiger partial charge on any atom is -0.493 e. The Hall–Kier alpha value is -1.91. The number of ether oxygens (including phenoxy) is 1. The van der Waals surface area contributed by atoms with Gasteiger partial charge in [-0.3, -0.25) is 16.3 Å². The Balaban J connectivity index is 1.89. The molecule has 1 unspecified atom stereocenters. The van der Waals surface area contributed by atoms with E-state index in [0.717, 1.165) is 36.5 Å². The molecule has 3 N–H and O–H groups in total. The highest BCUT2D eigenvalue weighted by atomic mass is 16.5. The molecule has 0 aliphatic carbocycles. The number of hydrazine groups is 1. The summed E-state index contributed by atoms with van der Waals surface area (Å²) in [4.78, 5) is 4.35. The third-order valence-corrected chi connectivity index (χ3v) is 3.46. The lowest BCUT2D eigenvalue weighted by molar-refractivity contribution is 0.348. The first kappa shape index (κ1) is 12.1. The van der Waals surface area contributed by atoms with Crippen molar-refractivity contribution in [2.45, 2.75) is 18.9 Å². The van der Waals surface area contributed by atoms with Crippen LogP contribution in [-0.4, -0.2) is 11.6 Å². The van der Waals surface area contributed by atoms with Crippen LogP contribution in [0.25, 0.3) is 0 Å². The van der Waals surface area contributed by atoms with Crippen molar-refractivity contribution in [3.05, 3.63) is 59.4 Å². The summed E-state index contributed by atoms with van der Waals surface area (Å²) in [5.74, 6) is 6.70. The first-order valence-electron chi connectivity index (χ1n) is 6.49. The zero-order valence-corrected chi connectivity index (χ0v) is 10.7. The number of pyridine rings is 1. The van der Waals surface area contributed by atoms with Crippen LogP contribution in [0.2, 0.25) is 0 Å². The Morgan fingerprint density at radius 2 is 2.21 bits per heavy atom. The predicted molar refractivity (Wildman–Crippen MR) is 73.6 cm³/mol. The molecule has 2 heterocycles. The number of rotatable bonds is 4. The van der Waals surface area contributed by atoms with E-state index in [2.05, 4.69) is 28.6 Å². The molecule has 0 saturated heterocycles. The fourth-order valence-electron chi connectivity index (χ4n) is 2.50. The monoisotopic (exact) mass is 255 g/mol. The van der Waals surface area contributed by atoms with Crippen LogP contribution >= 0.6 is 0 Å². The summed E-state index contributed by atoms with van der Waals surface area (Å²) in [6, 6.07) is 12.2. The van der Waals surface area contributed by atoms with Crippen LogP contribution in [-0.2, 0) is 12.8 Å². The Morgan fingerprint density at radius 1 is 1.26 bits per heavy atom. The molecule has 19 heavy (non-hydrogen) atoms. The fourth-order valence-corrected chi connectivity index (χ4v) is 2.50. The number of para-hydroxylation sites is 1. The van der Waals surface area contributed by atoms with E-state index < -0.39 is 0 Å². The quantitative estimate of drug-likeness (QED) is 0.645. The van der Waals surface area contributed by atoms with Crippen LogP contribution in [0.3, 0.4) is 0 Å². The zero-order valence-electron chi connectivity index (χ0n) is 10.7. The van der Waals surface area contributed by atoms with Gasteiger partial charge in [0.1, 0.15) is 5.75 Å². The lowest BCUT2D eigenvalue weighted by atomic mass is 9.98. The van der Waals surface area contributed by atoms with E-state index in [1.807, 2.05) is 18.2 Å². The molecule has 0 saturated carbocycles. The van der Waals surface area contributed by atoms with Crippen LogP contribution in [0.4, 0.5) is 0 Å². The second-order valence-corrected chi connectivity index (χ2v) is 4.68. The van der Waals surface area contributed by atoms with Gasteiger partial charge in [-0.05, 0) is 17.7 Å². The van der Waals surface area contributed by atoms with E-state index >= 15 is 0 Å². The van der Waals surface area contributed by atoms with Gasteiger partial charge < -0.3 is 4.74 Å². The normalized spacial score (nSPS) is 14.8. The third kappa shape index (κ3) is 2.45. The lowest BCUT2D eigenvalue weighted by Crippen LogP contribution is -2.30. The van der Waals surface area contributed by atoms with Crippen LogP contribution in [0.5, 0.6) is 5.75 Å². The summed E-state index contributed by atoms with van der Waals surface area (Å²) >= 11 is 0. The van der Waals surface area contributed by atoms with E-state index in [1.165, 1.54) is 5.56 Å². The molecule has 4 nitrogen and oxygen atoms in total. The molecule has 1 atom stereocenters. The molecule has 1 aliphatic heterocycles. The van der Waals surface area contributed by atoms with Gasteiger partial charge in [-0.1, -0.05) is 24.3 Å². The number of nitrogens with zero attached hydrogens (tertiary/aromatic N) is 1. The molecule has 1 aliphatic rings. The van der Waals surface area contributed by atoms with Crippen molar-refractivity contribution in [3.8, 4) is 5.75 Å². The lowest BCUT2D eigenvalue weighted by Gasteiger charge is -2.18. The first-order valence-corrected chi connectivity index (χ1v) is 6.49. The van der Waals surface area contributed by atoms with E-state index in [1.54, 1.807) is 6.20 Å². The maximum absolute atomic E-state index is 5.73. The van der Waals surface area contributed by atoms with Crippen LogP contribution in [0.1, 0.15) is 22.9 Å². The van der Waals surface area contributed by atoms with Crippen molar-refractivity contribution in [1.82, 2.24) is 10.4 Å². The van der Waals surface area contributed by atoms with E-state index in [4.69, 9.17) is 10.6 Å². The van der Waals surface area contributed by atoms with Gasteiger partial charge >= 0.3 is 0 Å².